The monoisotopic (exact) mass is 532 g/mol. The molecule has 2 amide bonds. The largest absolute Gasteiger partial charge is 0.497 e. The van der Waals surface area contributed by atoms with Crippen molar-refractivity contribution in [3.63, 3.8) is 0 Å². The maximum atomic E-state index is 13.3. The number of amides is 2. The molecule has 1 aliphatic rings. The number of hydrogen-bond acceptors (Lipinski definition) is 4. The first-order valence-electron chi connectivity index (χ1n) is 11.5. The third kappa shape index (κ3) is 7.78. The van der Waals surface area contributed by atoms with Crippen LogP contribution in [0.4, 0.5) is 0 Å². The average molecular weight is 534 g/mol. The van der Waals surface area contributed by atoms with Crippen LogP contribution in [0.25, 0.3) is 0 Å². The van der Waals surface area contributed by atoms with Crippen LogP contribution in [0.15, 0.2) is 53.0 Å². The minimum Gasteiger partial charge on any atom is -0.497 e. The van der Waals surface area contributed by atoms with Crippen molar-refractivity contribution < 1.29 is 14.3 Å². The zero-order valence-electron chi connectivity index (χ0n) is 19.4. The molecule has 1 atom stereocenters. The Kier molecular flexibility index (Phi) is 10.1. The van der Waals surface area contributed by atoms with Crippen LogP contribution in [0.3, 0.4) is 0 Å². The number of ether oxygens (including phenoxy) is 1. The van der Waals surface area contributed by atoms with Crippen molar-refractivity contribution in [1.29, 1.82) is 0 Å². The fraction of sp³-hybridized carbons (Fsp3) is 0.462. The minimum absolute atomic E-state index is 0.0126. The maximum absolute atomic E-state index is 13.3. The number of halogens is 1. The Bertz CT molecular complexity index is 899. The number of carbonyl (C=O) groups excluding carboxylic acids is 2. The Morgan fingerprint density at radius 1 is 1.09 bits per heavy atom. The molecule has 1 aliphatic carbocycles. The molecule has 0 unspecified atom stereocenters. The third-order valence-corrected chi connectivity index (χ3v) is 7.52. The molecule has 0 saturated heterocycles. The molecule has 33 heavy (non-hydrogen) atoms. The van der Waals surface area contributed by atoms with Gasteiger partial charge in [0.1, 0.15) is 11.8 Å². The van der Waals surface area contributed by atoms with E-state index >= 15 is 0 Å². The van der Waals surface area contributed by atoms with Crippen molar-refractivity contribution in [1.82, 2.24) is 10.2 Å². The van der Waals surface area contributed by atoms with Crippen molar-refractivity contribution >= 4 is 39.5 Å². The van der Waals surface area contributed by atoms with E-state index in [1.54, 1.807) is 23.8 Å². The lowest BCUT2D eigenvalue weighted by molar-refractivity contribution is -0.139. The maximum Gasteiger partial charge on any atom is 0.243 e. The lowest BCUT2D eigenvalue weighted by Gasteiger charge is -2.31. The first-order chi connectivity index (χ1) is 16.0. The molecule has 0 aromatic heterocycles. The van der Waals surface area contributed by atoms with E-state index in [0.29, 0.717) is 18.7 Å². The number of methoxy groups -OCH3 is 1. The van der Waals surface area contributed by atoms with Gasteiger partial charge in [-0.1, -0.05) is 60.0 Å². The van der Waals surface area contributed by atoms with Crippen LogP contribution in [0.1, 0.15) is 50.2 Å². The highest BCUT2D eigenvalue weighted by Gasteiger charge is 2.30. The summed E-state index contributed by atoms with van der Waals surface area (Å²) in [7, 11) is 1.63. The number of rotatable bonds is 11. The Balaban J connectivity index is 1.69. The molecule has 3 rings (SSSR count). The predicted molar refractivity (Wildman–Crippen MR) is 138 cm³/mol. The summed E-state index contributed by atoms with van der Waals surface area (Å²) in [6.45, 7) is 2.38. The number of benzene rings is 2. The summed E-state index contributed by atoms with van der Waals surface area (Å²) in [6, 6.07) is 15.6. The SMILES string of the molecule is CC[C@@H](C(=O)NC1CCCC1)N(Cc1ccc(OC)cc1)C(=O)CSCc1ccc(Br)cc1. The quantitative estimate of drug-likeness (QED) is 0.411. The summed E-state index contributed by atoms with van der Waals surface area (Å²) in [5.41, 5.74) is 2.15. The molecular weight excluding hydrogens is 500 g/mol. The summed E-state index contributed by atoms with van der Waals surface area (Å²) in [5, 5.41) is 3.19. The molecule has 1 fully saturated rings. The average Bonchev–Trinajstić information content (AvgIpc) is 3.33. The van der Waals surface area contributed by atoms with Gasteiger partial charge in [-0.25, -0.2) is 0 Å². The van der Waals surface area contributed by atoms with Crippen LogP contribution in [0.5, 0.6) is 5.75 Å². The number of nitrogens with one attached hydrogen (secondary N) is 1. The molecule has 1 saturated carbocycles. The van der Waals surface area contributed by atoms with Crippen LogP contribution < -0.4 is 10.1 Å². The Morgan fingerprint density at radius 3 is 2.33 bits per heavy atom. The van der Waals surface area contributed by atoms with E-state index in [2.05, 4.69) is 33.4 Å². The molecule has 178 valence electrons. The Morgan fingerprint density at radius 2 is 1.73 bits per heavy atom. The van der Waals surface area contributed by atoms with Gasteiger partial charge in [0.25, 0.3) is 0 Å². The third-order valence-electron chi connectivity index (χ3n) is 6.01. The topological polar surface area (TPSA) is 58.6 Å². The van der Waals surface area contributed by atoms with Crippen molar-refractivity contribution in [3.8, 4) is 5.75 Å². The van der Waals surface area contributed by atoms with E-state index in [-0.39, 0.29) is 17.9 Å². The molecule has 2 aromatic rings. The summed E-state index contributed by atoms with van der Waals surface area (Å²) in [5.74, 6) is 1.80. The first kappa shape index (κ1) is 25.6. The van der Waals surface area contributed by atoms with Crippen molar-refractivity contribution in [2.75, 3.05) is 12.9 Å². The molecule has 0 radical (unpaired) electrons. The van der Waals surface area contributed by atoms with Gasteiger partial charge in [0.05, 0.1) is 12.9 Å². The predicted octanol–water partition coefficient (Wildman–Crippen LogP) is 5.56. The highest BCUT2D eigenvalue weighted by atomic mass is 79.9. The Hall–Kier alpha value is -1.99. The molecule has 0 bridgehead atoms. The van der Waals surface area contributed by atoms with Crippen molar-refractivity contribution in [2.45, 2.75) is 63.4 Å². The lowest BCUT2D eigenvalue weighted by Crippen LogP contribution is -2.51. The van der Waals surface area contributed by atoms with E-state index in [9.17, 15) is 9.59 Å². The van der Waals surface area contributed by atoms with Gasteiger partial charge in [0, 0.05) is 22.8 Å². The first-order valence-corrected chi connectivity index (χ1v) is 13.5. The van der Waals surface area contributed by atoms with Crippen LogP contribution in [0.2, 0.25) is 0 Å². The van der Waals surface area contributed by atoms with Crippen molar-refractivity contribution in [2.24, 2.45) is 0 Å². The van der Waals surface area contributed by atoms with E-state index in [1.165, 1.54) is 5.56 Å². The summed E-state index contributed by atoms with van der Waals surface area (Å²) in [6.07, 6.45) is 4.94. The van der Waals surface area contributed by atoms with Gasteiger partial charge >= 0.3 is 0 Å². The van der Waals surface area contributed by atoms with E-state index < -0.39 is 6.04 Å². The highest BCUT2D eigenvalue weighted by molar-refractivity contribution is 9.10. The summed E-state index contributed by atoms with van der Waals surface area (Å²) < 4.78 is 6.29. The van der Waals surface area contributed by atoms with Gasteiger partial charge in [0.2, 0.25) is 11.8 Å². The molecular formula is C26H33BrN2O3S. The molecule has 0 spiro atoms. The van der Waals surface area contributed by atoms with Gasteiger partial charge in [-0.15, -0.1) is 11.8 Å². The standard InChI is InChI=1S/C26H33BrN2O3S/c1-3-24(26(31)28-22-6-4-5-7-22)29(16-19-10-14-23(32-2)15-11-19)25(30)18-33-17-20-8-12-21(27)13-9-20/h8-15,22,24H,3-7,16-18H2,1-2H3,(H,28,31)/t24-/m0/s1. The molecule has 5 nitrogen and oxygen atoms in total. The van der Waals surface area contributed by atoms with Gasteiger partial charge in [-0.05, 0) is 54.7 Å². The molecule has 7 heteroatoms. The number of nitrogens with zero attached hydrogens (tertiary/aromatic N) is 1. The second kappa shape index (κ2) is 13.0. The van der Waals surface area contributed by atoms with Crippen LogP contribution in [-0.4, -0.2) is 41.7 Å². The van der Waals surface area contributed by atoms with Crippen LogP contribution in [0, 0.1) is 0 Å². The zero-order chi connectivity index (χ0) is 23.6. The highest BCUT2D eigenvalue weighted by Crippen LogP contribution is 2.22. The zero-order valence-corrected chi connectivity index (χ0v) is 21.8. The molecule has 2 aromatic carbocycles. The normalized spacial score (nSPS) is 14.6. The van der Waals surface area contributed by atoms with E-state index in [4.69, 9.17) is 4.74 Å². The smallest absolute Gasteiger partial charge is 0.243 e. The number of hydrogen-bond donors (Lipinski definition) is 1. The van der Waals surface area contributed by atoms with Gasteiger partial charge < -0.3 is 15.0 Å². The summed E-state index contributed by atoms with van der Waals surface area (Å²) >= 11 is 5.03. The van der Waals surface area contributed by atoms with E-state index in [0.717, 1.165) is 47.2 Å². The van der Waals surface area contributed by atoms with Crippen LogP contribution >= 0.6 is 27.7 Å². The fourth-order valence-electron chi connectivity index (χ4n) is 4.13. The van der Waals surface area contributed by atoms with Crippen LogP contribution in [-0.2, 0) is 21.9 Å². The van der Waals surface area contributed by atoms with E-state index in [1.807, 2.05) is 43.3 Å². The number of carbonyl (C=O) groups is 2. The second-order valence-electron chi connectivity index (χ2n) is 8.40. The molecule has 0 heterocycles. The fourth-order valence-corrected chi connectivity index (χ4v) is 5.27. The lowest BCUT2D eigenvalue weighted by atomic mass is 10.1. The van der Waals surface area contributed by atoms with Crippen molar-refractivity contribution in [3.05, 3.63) is 64.1 Å². The van der Waals surface area contributed by atoms with Gasteiger partial charge in [-0.3, -0.25) is 9.59 Å². The second-order valence-corrected chi connectivity index (χ2v) is 10.3. The molecule has 0 aliphatic heterocycles. The summed E-state index contributed by atoms with van der Waals surface area (Å²) in [4.78, 5) is 28.3. The number of thioether (sulfide) groups is 1. The Labute approximate surface area is 209 Å². The van der Waals surface area contributed by atoms with Gasteiger partial charge in [-0.2, -0.15) is 0 Å². The van der Waals surface area contributed by atoms with Gasteiger partial charge in [0.15, 0.2) is 0 Å². The molecule has 1 N–H and O–H groups in total. The minimum atomic E-state index is -0.478.